The van der Waals surface area contributed by atoms with Crippen LogP contribution in [0, 0.1) is 10.1 Å². The average Bonchev–Trinajstić information content (AvgIpc) is 3.28. The number of H-pyrrole nitrogens is 1. The smallest absolute Gasteiger partial charge is 0.407 e. The van der Waals surface area contributed by atoms with Crippen LogP contribution in [-0.2, 0) is 16.0 Å². The Hall–Kier alpha value is -4.28. The van der Waals surface area contributed by atoms with Gasteiger partial charge in [0.1, 0.15) is 11.4 Å². The number of rotatable bonds is 8. The van der Waals surface area contributed by atoms with E-state index >= 15 is 0 Å². The van der Waals surface area contributed by atoms with Crippen molar-refractivity contribution < 1.29 is 24.0 Å². The minimum Gasteiger partial charge on any atom is -0.484 e. The van der Waals surface area contributed by atoms with E-state index in [4.69, 9.17) is 9.47 Å². The summed E-state index contributed by atoms with van der Waals surface area (Å²) in [7, 11) is 0. The molecule has 0 atom stereocenters. The quantitative estimate of drug-likeness (QED) is 0.339. The molecule has 2 amide bonds. The SMILES string of the molecule is CC(C)(C)OC(=O)NCCc1c[nH]c2ccc(OCC(=O)N3CCN(c4ccc([N+](=O)[O-])cc4)CC3)cc12. The summed E-state index contributed by atoms with van der Waals surface area (Å²) in [5.74, 6) is 0.501. The lowest BCUT2D eigenvalue weighted by atomic mass is 10.1. The van der Waals surface area contributed by atoms with Crippen molar-refractivity contribution in [1.82, 2.24) is 15.2 Å². The average molecular weight is 524 g/mol. The molecule has 1 fully saturated rings. The van der Waals surface area contributed by atoms with Crippen LogP contribution in [0.1, 0.15) is 26.3 Å². The monoisotopic (exact) mass is 523 g/mol. The van der Waals surface area contributed by atoms with Crippen LogP contribution in [-0.4, -0.2) is 71.7 Å². The summed E-state index contributed by atoms with van der Waals surface area (Å²) < 4.78 is 11.1. The molecule has 11 heteroatoms. The van der Waals surface area contributed by atoms with Crippen LogP contribution in [0.5, 0.6) is 5.75 Å². The number of fused-ring (bicyclic) bond motifs is 1. The number of hydrogen-bond acceptors (Lipinski definition) is 7. The van der Waals surface area contributed by atoms with Crippen LogP contribution in [0.3, 0.4) is 0 Å². The molecule has 3 aromatic rings. The van der Waals surface area contributed by atoms with Gasteiger partial charge in [0.05, 0.1) is 4.92 Å². The van der Waals surface area contributed by atoms with Crippen molar-refractivity contribution in [2.24, 2.45) is 0 Å². The highest BCUT2D eigenvalue weighted by atomic mass is 16.6. The zero-order valence-corrected chi connectivity index (χ0v) is 21.9. The molecule has 0 saturated carbocycles. The number of aromatic amines is 1. The Morgan fingerprint density at radius 1 is 1.08 bits per heavy atom. The van der Waals surface area contributed by atoms with Gasteiger partial charge in [0.15, 0.2) is 6.61 Å². The maximum atomic E-state index is 12.8. The summed E-state index contributed by atoms with van der Waals surface area (Å²) in [6.45, 7) is 8.19. The van der Waals surface area contributed by atoms with Crippen LogP contribution < -0.4 is 15.0 Å². The largest absolute Gasteiger partial charge is 0.484 e. The summed E-state index contributed by atoms with van der Waals surface area (Å²) in [5, 5.41) is 14.6. The highest BCUT2D eigenvalue weighted by molar-refractivity contribution is 5.85. The number of aromatic nitrogens is 1. The summed E-state index contributed by atoms with van der Waals surface area (Å²) >= 11 is 0. The molecule has 0 aliphatic carbocycles. The molecule has 2 N–H and O–H groups in total. The van der Waals surface area contributed by atoms with Crippen LogP contribution >= 0.6 is 0 Å². The number of amides is 2. The number of carbonyl (C=O) groups excluding carboxylic acids is 2. The lowest BCUT2D eigenvalue weighted by Gasteiger charge is -2.36. The molecule has 1 aliphatic heterocycles. The number of nitrogens with one attached hydrogen (secondary N) is 2. The Bertz CT molecular complexity index is 1290. The van der Waals surface area contributed by atoms with Gasteiger partial charge in [0.2, 0.25) is 0 Å². The molecule has 11 nitrogen and oxygen atoms in total. The maximum absolute atomic E-state index is 12.8. The van der Waals surface area contributed by atoms with Gasteiger partial charge in [-0.15, -0.1) is 0 Å². The number of nitro groups is 1. The van der Waals surface area contributed by atoms with Crippen molar-refractivity contribution in [3.63, 3.8) is 0 Å². The Labute approximate surface area is 220 Å². The third-order valence-corrected chi connectivity index (χ3v) is 6.22. The second-order valence-corrected chi connectivity index (χ2v) is 10.1. The number of hydrogen-bond donors (Lipinski definition) is 2. The van der Waals surface area contributed by atoms with Gasteiger partial charge >= 0.3 is 6.09 Å². The third kappa shape index (κ3) is 6.93. The maximum Gasteiger partial charge on any atom is 0.407 e. The zero-order chi connectivity index (χ0) is 27.3. The first-order chi connectivity index (χ1) is 18.1. The highest BCUT2D eigenvalue weighted by Gasteiger charge is 2.22. The predicted molar refractivity (Wildman–Crippen MR) is 144 cm³/mol. The predicted octanol–water partition coefficient (Wildman–Crippen LogP) is 3.87. The van der Waals surface area contributed by atoms with Gasteiger partial charge in [-0.05, 0) is 63.1 Å². The van der Waals surface area contributed by atoms with Gasteiger partial charge in [-0.3, -0.25) is 14.9 Å². The third-order valence-electron chi connectivity index (χ3n) is 6.22. The first kappa shape index (κ1) is 26.8. The number of ether oxygens (including phenoxy) is 2. The molecule has 0 radical (unpaired) electrons. The first-order valence-corrected chi connectivity index (χ1v) is 12.6. The highest BCUT2D eigenvalue weighted by Crippen LogP contribution is 2.25. The van der Waals surface area contributed by atoms with E-state index < -0.39 is 16.6 Å². The van der Waals surface area contributed by atoms with E-state index in [9.17, 15) is 19.7 Å². The van der Waals surface area contributed by atoms with Crippen molar-refractivity contribution in [3.05, 3.63) is 64.3 Å². The lowest BCUT2D eigenvalue weighted by Crippen LogP contribution is -2.50. The van der Waals surface area contributed by atoms with Crippen LogP contribution in [0.4, 0.5) is 16.2 Å². The second kappa shape index (κ2) is 11.4. The molecule has 2 aromatic carbocycles. The second-order valence-electron chi connectivity index (χ2n) is 10.1. The molecule has 1 aromatic heterocycles. The molecule has 0 spiro atoms. The van der Waals surface area contributed by atoms with Gasteiger partial charge in [-0.25, -0.2) is 4.79 Å². The molecule has 0 unspecified atom stereocenters. The summed E-state index contributed by atoms with van der Waals surface area (Å²) in [6.07, 6.45) is 2.06. The van der Waals surface area contributed by atoms with E-state index in [2.05, 4.69) is 15.2 Å². The topological polar surface area (TPSA) is 130 Å². The number of carbonyl (C=O) groups is 2. The molecule has 38 heavy (non-hydrogen) atoms. The van der Waals surface area contributed by atoms with E-state index in [-0.39, 0.29) is 18.2 Å². The van der Waals surface area contributed by atoms with E-state index in [1.54, 1.807) is 17.0 Å². The molecule has 1 aliphatic rings. The van der Waals surface area contributed by atoms with Crippen molar-refractivity contribution in [2.45, 2.75) is 32.8 Å². The fraction of sp³-hybridized carbons (Fsp3) is 0.407. The molecule has 4 rings (SSSR count). The number of anilines is 1. The molecule has 202 valence electrons. The van der Waals surface area contributed by atoms with Gasteiger partial charge in [0.25, 0.3) is 11.6 Å². The summed E-state index contributed by atoms with van der Waals surface area (Å²) in [5.41, 5.74) is 2.38. The molecule has 0 bridgehead atoms. The molecule has 1 saturated heterocycles. The van der Waals surface area contributed by atoms with Crippen molar-refractivity contribution in [3.8, 4) is 5.75 Å². The number of nitro benzene ring substituents is 1. The Morgan fingerprint density at radius 3 is 2.45 bits per heavy atom. The zero-order valence-electron chi connectivity index (χ0n) is 21.9. The van der Waals surface area contributed by atoms with Gasteiger partial charge < -0.3 is 29.6 Å². The minimum absolute atomic E-state index is 0.0575. The van der Waals surface area contributed by atoms with Gasteiger partial charge in [0, 0.05) is 67.6 Å². The lowest BCUT2D eigenvalue weighted by molar-refractivity contribution is -0.384. The first-order valence-electron chi connectivity index (χ1n) is 12.6. The Kier molecular flexibility index (Phi) is 8.04. The number of alkyl carbamates (subject to hydrolysis) is 1. The fourth-order valence-electron chi connectivity index (χ4n) is 4.30. The molecular formula is C27H33N5O6. The minimum atomic E-state index is -0.546. The summed E-state index contributed by atoms with van der Waals surface area (Å²) in [4.78, 5) is 42.2. The van der Waals surface area contributed by atoms with E-state index in [0.29, 0.717) is 44.9 Å². The standard InChI is InChI=1S/C27H33N5O6/c1-27(2,3)38-26(34)28-11-10-19-17-29-24-9-8-22(16-23(19)24)37-18-25(33)31-14-12-30(13-15-31)20-4-6-21(7-5-20)32(35)36/h4-9,16-17,29H,10-15,18H2,1-3H3,(H,28,34). The fourth-order valence-corrected chi connectivity index (χ4v) is 4.30. The van der Waals surface area contributed by atoms with Crippen molar-refractivity contribution in [2.75, 3.05) is 44.2 Å². The van der Waals surface area contributed by atoms with E-state index in [0.717, 1.165) is 22.2 Å². The Morgan fingerprint density at radius 2 is 1.79 bits per heavy atom. The van der Waals surface area contributed by atoms with Crippen molar-refractivity contribution >= 4 is 34.3 Å². The Balaban J connectivity index is 1.26. The normalized spacial score (nSPS) is 13.9. The van der Waals surface area contributed by atoms with E-state index in [1.807, 2.05) is 45.2 Å². The van der Waals surface area contributed by atoms with Crippen LogP contribution in [0.15, 0.2) is 48.7 Å². The molecule has 2 heterocycles. The van der Waals surface area contributed by atoms with Gasteiger partial charge in [-0.1, -0.05) is 0 Å². The van der Waals surface area contributed by atoms with Crippen LogP contribution in [0.25, 0.3) is 10.9 Å². The van der Waals surface area contributed by atoms with Crippen LogP contribution in [0.2, 0.25) is 0 Å². The number of nitrogens with zero attached hydrogens (tertiary/aromatic N) is 3. The van der Waals surface area contributed by atoms with Crippen molar-refractivity contribution in [1.29, 1.82) is 0 Å². The van der Waals surface area contributed by atoms with Gasteiger partial charge in [-0.2, -0.15) is 0 Å². The molecular weight excluding hydrogens is 490 g/mol. The number of piperazine rings is 1. The van der Waals surface area contributed by atoms with E-state index in [1.165, 1.54) is 12.1 Å². The number of benzene rings is 2. The summed E-state index contributed by atoms with van der Waals surface area (Å²) in [6, 6.07) is 12.1. The number of non-ortho nitro benzene ring substituents is 1.